The fourth-order valence-corrected chi connectivity index (χ4v) is 2.73. The van der Waals surface area contributed by atoms with Crippen LogP contribution in [0, 0.1) is 10.1 Å². The summed E-state index contributed by atoms with van der Waals surface area (Å²) in [7, 11) is 1.84. The Balaban J connectivity index is 2.00. The van der Waals surface area contributed by atoms with E-state index in [1.54, 1.807) is 12.1 Å². The molecule has 0 aliphatic rings. The molecule has 0 radical (unpaired) electrons. The van der Waals surface area contributed by atoms with Gasteiger partial charge in [0.05, 0.1) is 10.7 Å². The van der Waals surface area contributed by atoms with Crippen LogP contribution in [0.15, 0.2) is 29.4 Å². The molecule has 122 valence electrons. The molecule has 0 bridgehead atoms. The largest absolute Gasteiger partial charge is 0.320 e. The Morgan fingerprint density at radius 2 is 2.09 bits per heavy atom. The maximum Gasteiger partial charge on any atom is 0.292 e. The fraction of sp³-hybridized carbons (Fsp3) is 0.357. The molecule has 1 aromatic heterocycles. The van der Waals surface area contributed by atoms with Crippen molar-refractivity contribution in [3.05, 3.63) is 40.2 Å². The summed E-state index contributed by atoms with van der Waals surface area (Å²) in [5.74, 6) is 0.837. The van der Waals surface area contributed by atoms with Crippen LogP contribution in [0.3, 0.4) is 0 Å². The van der Waals surface area contributed by atoms with E-state index < -0.39 is 4.92 Å². The Hall–Kier alpha value is -2.42. The minimum absolute atomic E-state index is 0.0934. The molecule has 1 N–H and O–H groups in total. The van der Waals surface area contributed by atoms with Gasteiger partial charge in [-0.15, -0.1) is 10.2 Å². The van der Waals surface area contributed by atoms with Crippen LogP contribution in [0.5, 0.6) is 0 Å². The summed E-state index contributed by atoms with van der Waals surface area (Å²) in [6.07, 6.45) is 0. The first-order valence-electron chi connectivity index (χ1n) is 6.95. The van der Waals surface area contributed by atoms with Gasteiger partial charge in [-0.1, -0.05) is 37.7 Å². The van der Waals surface area contributed by atoms with Crippen LogP contribution < -0.4 is 5.32 Å². The number of nitro benzene ring substituents is 1. The summed E-state index contributed by atoms with van der Waals surface area (Å²) in [6, 6.07) is 6.03. The molecule has 0 saturated carbocycles. The maximum absolute atomic E-state index is 12.0. The average molecular weight is 335 g/mol. The number of thioether (sulfide) groups is 1. The number of aromatic nitrogens is 3. The van der Waals surface area contributed by atoms with Gasteiger partial charge in [0.1, 0.15) is 11.5 Å². The Morgan fingerprint density at radius 3 is 2.70 bits per heavy atom. The summed E-state index contributed by atoms with van der Waals surface area (Å²) in [5.41, 5.74) is 0.0514. The average Bonchev–Trinajstić information content (AvgIpc) is 2.86. The van der Waals surface area contributed by atoms with E-state index in [1.807, 2.05) is 25.5 Å². The van der Waals surface area contributed by atoms with E-state index in [9.17, 15) is 14.9 Å². The van der Waals surface area contributed by atoms with Gasteiger partial charge in [-0.05, 0) is 6.07 Å². The zero-order valence-electron chi connectivity index (χ0n) is 13.0. The number of para-hydroxylation sites is 2. The van der Waals surface area contributed by atoms with Crippen molar-refractivity contribution >= 4 is 29.0 Å². The van der Waals surface area contributed by atoms with E-state index >= 15 is 0 Å². The molecule has 2 aromatic rings. The lowest BCUT2D eigenvalue weighted by atomic mass is 10.2. The third-order valence-corrected chi connectivity index (χ3v) is 4.11. The lowest BCUT2D eigenvalue weighted by molar-refractivity contribution is -0.383. The van der Waals surface area contributed by atoms with Crippen molar-refractivity contribution in [2.75, 3.05) is 11.1 Å². The molecule has 1 aromatic carbocycles. The Bertz CT molecular complexity index is 729. The third kappa shape index (κ3) is 4.07. The lowest BCUT2D eigenvalue weighted by Crippen LogP contribution is -2.15. The second-order valence-corrected chi connectivity index (χ2v) is 6.11. The molecule has 0 spiro atoms. The molecule has 1 amide bonds. The summed E-state index contributed by atoms with van der Waals surface area (Å²) in [5, 5.41) is 22.2. The molecule has 0 aliphatic carbocycles. The number of benzene rings is 1. The number of nitro groups is 1. The molecule has 0 unspecified atom stereocenters. The van der Waals surface area contributed by atoms with E-state index in [-0.39, 0.29) is 29.0 Å². The number of hydrogen-bond acceptors (Lipinski definition) is 6. The van der Waals surface area contributed by atoms with Gasteiger partial charge in [0.25, 0.3) is 5.69 Å². The normalized spacial score (nSPS) is 10.8. The molecule has 23 heavy (non-hydrogen) atoms. The fourth-order valence-electron chi connectivity index (χ4n) is 2.01. The number of nitrogens with one attached hydrogen (secondary N) is 1. The zero-order valence-corrected chi connectivity index (χ0v) is 13.8. The van der Waals surface area contributed by atoms with Crippen LogP contribution in [0.2, 0.25) is 0 Å². The number of carbonyl (C=O) groups is 1. The van der Waals surface area contributed by atoms with Crippen LogP contribution >= 0.6 is 11.8 Å². The Labute approximate surface area is 137 Å². The van der Waals surface area contributed by atoms with Gasteiger partial charge in [0.15, 0.2) is 5.16 Å². The monoisotopic (exact) mass is 335 g/mol. The summed E-state index contributed by atoms with van der Waals surface area (Å²) in [6.45, 7) is 4.03. The first kappa shape index (κ1) is 16.9. The predicted octanol–water partition coefficient (Wildman–Crippen LogP) is 2.58. The molecule has 8 nitrogen and oxygen atoms in total. The summed E-state index contributed by atoms with van der Waals surface area (Å²) >= 11 is 1.23. The third-order valence-electron chi connectivity index (χ3n) is 3.09. The molecule has 2 rings (SSSR count). The SMILES string of the molecule is CC(C)c1nnc(SCC(=O)Nc2ccccc2[N+](=O)[O-])n1C. The molecule has 0 aliphatic heterocycles. The number of amides is 1. The smallest absolute Gasteiger partial charge is 0.292 e. The highest BCUT2D eigenvalue weighted by molar-refractivity contribution is 7.99. The van der Waals surface area contributed by atoms with E-state index in [2.05, 4.69) is 15.5 Å². The minimum Gasteiger partial charge on any atom is -0.320 e. The van der Waals surface area contributed by atoms with Crippen molar-refractivity contribution in [1.82, 2.24) is 14.8 Å². The topological polar surface area (TPSA) is 103 Å². The molecule has 1 heterocycles. The molecule has 0 saturated heterocycles. The highest BCUT2D eigenvalue weighted by atomic mass is 32.2. The van der Waals surface area contributed by atoms with Gasteiger partial charge in [-0.25, -0.2) is 0 Å². The van der Waals surface area contributed by atoms with Gasteiger partial charge >= 0.3 is 0 Å². The van der Waals surface area contributed by atoms with Crippen LogP contribution in [-0.4, -0.2) is 31.3 Å². The van der Waals surface area contributed by atoms with Gasteiger partial charge < -0.3 is 9.88 Å². The van der Waals surface area contributed by atoms with Crippen LogP contribution in [0.25, 0.3) is 0 Å². The van der Waals surface area contributed by atoms with Crippen molar-refractivity contribution in [3.8, 4) is 0 Å². The second-order valence-electron chi connectivity index (χ2n) is 5.17. The molecular formula is C14H17N5O3S. The van der Waals surface area contributed by atoms with Gasteiger partial charge in [-0.3, -0.25) is 14.9 Å². The van der Waals surface area contributed by atoms with E-state index in [0.717, 1.165) is 5.82 Å². The first-order valence-corrected chi connectivity index (χ1v) is 7.94. The van der Waals surface area contributed by atoms with Crippen LogP contribution in [0.4, 0.5) is 11.4 Å². The quantitative estimate of drug-likeness (QED) is 0.494. The number of anilines is 1. The van der Waals surface area contributed by atoms with E-state index in [0.29, 0.717) is 5.16 Å². The first-order chi connectivity index (χ1) is 10.9. The number of carbonyl (C=O) groups excluding carboxylic acids is 1. The Kier molecular flexibility index (Phi) is 5.32. The number of hydrogen-bond donors (Lipinski definition) is 1. The van der Waals surface area contributed by atoms with Crippen molar-refractivity contribution in [2.24, 2.45) is 7.05 Å². The van der Waals surface area contributed by atoms with Crippen LogP contribution in [0.1, 0.15) is 25.6 Å². The van der Waals surface area contributed by atoms with Gasteiger partial charge in [-0.2, -0.15) is 0 Å². The molecule has 0 fully saturated rings. The second kappa shape index (κ2) is 7.23. The van der Waals surface area contributed by atoms with Gasteiger partial charge in [0.2, 0.25) is 5.91 Å². The molecule has 9 heteroatoms. The summed E-state index contributed by atoms with van der Waals surface area (Å²) < 4.78 is 1.84. The van der Waals surface area contributed by atoms with Crippen molar-refractivity contribution < 1.29 is 9.72 Å². The van der Waals surface area contributed by atoms with Crippen LogP contribution in [-0.2, 0) is 11.8 Å². The highest BCUT2D eigenvalue weighted by Crippen LogP contribution is 2.24. The predicted molar refractivity (Wildman–Crippen MR) is 87.5 cm³/mol. The van der Waals surface area contributed by atoms with Crippen molar-refractivity contribution in [2.45, 2.75) is 24.9 Å². The van der Waals surface area contributed by atoms with Crippen molar-refractivity contribution in [1.29, 1.82) is 0 Å². The number of rotatable bonds is 6. The van der Waals surface area contributed by atoms with E-state index in [4.69, 9.17) is 0 Å². The summed E-state index contributed by atoms with van der Waals surface area (Å²) in [4.78, 5) is 22.4. The maximum atomic E-state index is 12.0. The minimum atomic E-state index is -0.527. The lowest BCUT2D eigenvalue weighted by Gasteiger charge is -2.07. The standard InChI is InChI=1S/C14H17N5O3S/c1-9(2)13-16-17-14(18(13)3)23-8-12(20)15-10-6-4-5-7-11(10)19(21)22/h4-7,9H,8H2,1-3H3,(H,15,20). The molecular weight excluding hydrogens is 318 g/mol. The number of nitrogens with zero attached hydrogens (tertiary/aromatic N) is 4. The van der Waals surface area contributed by atoms with E-state index in [1.165, 1.54) is 23.9 Å². The zero-order chi connectivity index (χ0) is 17.0. The molecule has 0 atom stereocenters. The van der Waals surface area contributed by atoms with Gasteiger partial charge in [0, 0.05) is 19.0 Å². The van der Waals surface area contributed by atoms with Crippen molar-refractivity contribution in [3.63, 3.8) is 0 Å². The highest BCUT2D eigenvalue weighted by Gasteiger charge is 2.17. The Morgan fingerprint density at radius 1 is 1.39 bits per heavy atom.